The van der Waals surface area contributed by atoms with Crippen molar-refractivity contribution in [2.75, 3.05) is 5.32 Å². The van der Waals surface area contributed by atoms with E-state index < -0.39 is 18.0 Å². The summed E-state index contributed by atoms with van der Waals surface area (Å²) >= 11 is 0. The molecule has 0 saturated heterocycles. The molecule has 1 fully saturated rings. The zero-order valence-corrected chi connectivity index (χ0v) is 11.8. The smallest absolute Gasteiger partial charge is 0.326 e. The van der Waals surface area contributed by atoms with Crippen molar-refractivity contribution in [3.05, 3.63) is 29.3 Å². The number of urea groups is 1. The van der Waals surface area contributed by atoms with Crippen LogP contribution in [-0.4, -0.2) is 23.1 Å². The Balaban J connectivity index is 2.06. The van der Waals surface area contributed by atoms with Gasteiger partial charge in [0.05, 0.1) is 0 Å². The maximum absolute atomic E-state index is 12.0. The average molecular weight is 276 g/mol. The lowest BCUT2D eigenvalue weighted by Gasteiger charge is -2.17. The van der Waals surface area contributed by atoms with Crippen molar-refractivity contribution in [1.82, 2.24) is 5.32 Å². The number of hydrogen-bond acceptors (Lipinski definition) is 2. The summed E-state index contributed by atoms with van der Waals surface area (Å²) < 4.78 is 0. The summed E-state index contributed by atoms with van der Waals surface area (Å²) in [5.41, 5.74) is 2.78. The molecule has 1 unspecified atom stereocenters. The molecule has 108 valence electrons. The predicted octanol–water partition coefficient (Wildman–Crippen LogP) is 2.54. The number of hydrogen-bond donors (Lipinski definition) is 3. The van der Waals surface area contributed by atoms with Gasteiger partial charge in [0, 0.05) is 5.69 Å². The van der Waals surface area contributed by atoms with Crippen molar-refractivity contribution in [2.45, 2.75) is 39.2 Å². The van der Waals surface area contributed by atoms with E-state index in [0.717, 1.165) is 36.1 Å². The van der Waals surface area contributed by atoms with E-state index in [4.69, 9.17) is 5.11 Å². The molecule has 1 atom stereocenters. The third kappa shape index (κ3) is 3.29. The Kier molecular flexibility index (Phi) is 4.27. The second-order valence-electron chi connectivity index (χ2n) is 5.21. The summed E-state index contributed by atoms with van der Waals surface area (Å²) in [5.74, 6) is -0.899. The SMILES string of the molecule is CCc1cccc(C)c1NC(=O)NC(C(=O)O)C1CC1. The molecule has 0 heterocycles. The highest BCUT2D eigenvalue weighted by molar-refractivity contribution is 5.93. The van der Waals surface area contributed by atoms with Crippen molar-refractivity contribution < 1.29 is 14.7 Å². The Morgan fingerprint density at radius 3 is 2.65 bits per heavy atom. The van der Waals surface area contributed by atoms with Crippen molar-refractivity contribution in [2.24, 2.45) is 5.92 Å². The predicted molar refractivity (Wildman–Crippen MR) is 76.9 cm³/mol. The van der Waals surface area contributed by atoms with Gasteiger partial charge in [-0.2, -0.15) is 0 Å². The second kappa shape index (κ2) is 5.94. The summed E-state index contributed by atoms with van der Waals surface area (Å²) in [6, 6.07) is 4.58. The number of carbonyl (C=O) groups is 2. The minimum absolute atomic E-state index is 0.0702. The van der Waals surface area contributed by atoms with Gasteiger partial charge in [0.15, 0.2) is 0 Å². The molecule has 1 aromatic carbocycles. The zero-order chi connectivity index (χ0) is 14.7. The molecule has 1 aliphatic carbocycles. The van der Waals surface area contributed by atoms with E-state index in [2.05, 4.69) is 10.6 Å². The number of nitrogens with one attached hydrogen (secondary N) is 2. The lowest BCUT2D eigenvalue weighted by molar-refractivity contribution is -0.139. The third-order valence-electron chi connectivity index (χ3n) is 3.62. The first-order chi connectivity index (χ1) is 9.52. The van der Waals surface area contributed by atoms with Crippen molar-refractivity contribution >= 4 is 17.7 Å². The Morgan fingerprint density at radius 2 is 2.10 bits per heavy atom. The number of carbonyl (C=O) groups excluding carboxylic acids is 1. The summed E-state index contributed by atoms with van der Waals surface area (Å²) in [6.07, 6.45) is 2.53. The Labute approximate surface area is 118 Å². The van der Waals surface area contributed by atoms with Crippen LogP contribution < -0.4 is 10.6 Å². The van der Waals surface area contributed by atoms with Crippen LogP contribution in [0, 0.1) is 12.8 Å². The number of para-hydroxylation sites is 1. The maximum Gasteiger partial charge on any atom is 0.326 e. The molecule has 0 radical (unpaired) electrons. The van der Waals surface area contributed by atoms with Crippen molar-refractivity contribution in [3.8, 4) is 0 Å². The number of aryl methyl sites for hydroxylation is 2. The number of aliphatic carboxylic acids is 1. The fraction of sp³-hybridized carbons (Fsp3) is 0.467. The van der Waals surface area contributed by atoms with E-state index in [1.807, 2.05) is 32.0 Å². The molecule has 2 rings (SSSR count). The number of carboxylic acids is 1. The van der Waals surface area contributed by atoms with Gasteiger partial charge >= 0.3 is 12.0 Å². The number of rotatable bonds is 5. The van der Waals surface area contributed by atoms with E-state index >= 15 is 0 Å². The molecular weight excluding hydrogens is 256 g/mol. The number of amides is 2. The Morgan fingerprint density at radius 1 is 1.40 bits per heavy atom. The molecule has 3 N–H and O–H groups in total. The highest BCUT2D eigenvalue weighted by Crippen LogP contribution is 2.32. The van der Waals surface area contributed by atoms with Gasteiger partial charge in [0.2, 0.25) is 0 Å². The molecule has 5 nitrogen and oxygen atoms in total. The van der Waals surface area contributed by atoms with E-state index in [0.29, 0.717) is 0 Å². The molecule has 1 saturated carbocycles. The van der Waals surface area contributed by atoms with Crippen LogP contribution in [0.25, 0.3) is 0 Å². The molecule has 0 spiro atoms. The van der Waals surface area contributed by atoms with Gasteiger partial charge in [-0.25, -0.2) is 9.59 Å². The number of anilines is 1. The van der Waals surface area contributed by atoms with Crippen LogP contribution in [0.2, 0.25) is 0 Å². The molecule has 0 bridgehead atoms. The standard InChI is InChI=1S/C15H20N2O3/c1-3-10-6-4-5-9(2)12(10)16-15(20)17-13(14(18)19)11-7-8-11/h4-6,11,13H,3,7-8H2,1-2H3,(H,18,19)(H2,16,17,20). The lowest BCUT2D eigenvalue weighted by Crippen LogP contribution is -2.44. The Hall–Kier alpha value is -2.04. The van der Waals surface area contributed by atoms with Crippen LogP contribution in [0.5, 0.6) is 0 Å². The minimum atomic E-state index is -0.969. The summed E-state index contributed by atoms with van der Waals surface area (Å²) in [4.78, 5) is 23.1. The van der Waals surface area contributed by atoms with E-state index in [-0.39, 0.29) is 5.92 Å². The first-order valence-corrected chi connectivity index (χ1v) is 6.91. The van der Waals surface area contributed by atoms with Crippen molar-refractivity contribution in [1.29, 1.82) is 0 Å². The van der Waals surface area contributed by atoms with Gasteiger partial charge in [0.25, 0.3) is 0 Å². The van der Waals surface area contributed by atoms with Gasteiger partial charge in [-0.15, -0.1) is 0 Å². The van der Waals surface area contributed by atoms with Crippen LogP contribution >= 0.6 is 0 Å². The van der Waals surface area contributed by atoms with Gasteiger partial charge in [0.1, 0.15) is 6.04 Å². The molecular formula is C15H20N2O3. The fourth-order valence-electron chi connectivity index (χ4n) is 2.30. The van der Waals surface area contributed by atoms with Gasteiger partial charge in [-0.05, 0) is 43.2 Å². The molecule has 1 aromatic rings. The summed E-state index contributed by atoms with van der Waals surface area (Å²) in [5, 5.41) is 14.5. The fourth-order valence-corrected chi connectivity index (χ4v) is 2.30. The molecule has 5 heteroatoms. The average Bonchev–Trinajstić information content (AvgIpc) is 3.22. The largest absolute Gasteiger partial charge is 0.480 e. The maximum atomic E-state index is 12.0. The van der Waals surface area contributed by atoms with E-state index in [1.54, 1.807) is 0 Å². The van der Waals surface area contributed by atoms with Gasteiger partial charge in [-0.1, -0.05) is 25.1 Å². The number of carboxylic acid groups (broad SMARTS) is 1. The minimum Gasteiger partial charge on any atom is -0.480 e. The van der Waals surface area contributed by atoms with Crippen LogP contribution in [0.1, 0.15) is 30.9 Å². The van der Waals surface area contributed by atoms with Crippen LogP contribution in [0.4, 0.5) is 10.5 Å². The highest BCUT2D eigenvalue weighted by atomic mass is 16.4. The first kappa shape index (κ1) is 14.4. The molecule has 20 heavy (non-hydrogen) atoms. The quantitative estimate of drug-likeness (QED) is 0.773. The zero-order valence-electron chi connectivity index (χ0n) is 11.8. The van der Waals surface area contributed by atoms with Crippen LogP contribution in [0.15, 0.2) is 18.2 Å². The monoisotopic (exact) mass is 276 g/mol. The van der Waals surface area contributed by atoms with Crippen LogP contribution in [0.3, 0.4) is 0 Å². The topological polar surface area (TPSA) is 78.4 Å². The number of benzene rings is 1. The normalized spacial score (nSPS) is 15.5. The summed E-state index contributed by atoms with van der Waals surface area (Å²) in [7, 11) is 0. The molecule has 1 aliphatic rings. The Bertz CT molecular complexity index is 524. The van der Waals surface area contributed by atoms with Gasteiger partial charge in [-0.3, -0.25) is 0 Å². The molecule has 0 aromatic heterocycles. The first-order valence-electron chi connectivity index (χ1n) is 6.91. The van der Waals surface area contributed by atoms with E-state index in [1.165, 1.54) is 0 Å². The van der Waals surface area contributed by atoms with E-state index in [9.17, 15) is 9.59 Å². The van der Waals surface area contributed by atoms with Crippen LogP contribution in [-0.2, 0) is 11.2 Å². The van der Waals surface area contributed by atoms with Gasteiger partial charge < -0.3 is 15.7 Å². The molecule has 0 aliphatic heterocycles. The lowest BCUT2D eigenvalue weighted by atomic mass is 10.1. The van der Waals surface area contributed by atoms with Crippen molar-refractivity contribution in [3.63, 3.8) is 0 Å². The molecule has 2 amide bonds. The second-order valence-corrected chi connectivity index (χ2v) is 5.21. The third-order valence-corrected chi connectivity index (χ3v) is 3.62. The highest BCUT2D eigenvalue weighted by Gasteiger charge is 2.37. The summed E-state index contributed by atoms with van der Waals surface area (Å²) in [6.45, 7) is 3.94.